The maximum absolute atomic E-state index is 11.7. The number of esters is 1. The molecule has 0 spiro atoms. The lowest BCUT2D eigenvalue weighted by Crippen LogP contribution is -2.17. The average Bonchev–Trinajstić information content (AvgIpc) is 3.56. The first-order valence-electron chi connectivity index (χ1n) is 10.4. The highest BCUT2D eigenvalue weighted by molar-refractivity contribution is 5.79. The van der Waals surface area contributed by atoms with E-state index >= 15 is 0 Å². The van der Waals surface area contributed by atoms with E-state index in [4.69, 9.17) is 9.47 Å². The Hall–Kier alpha value is -1.10. The molecular weight excluding hydrogens is 332 g/mol. The van der Waals surface area contributed by atoms with Crippen molar-refractivity contribution in [2.45, 2.75) is 96.0 Å². The summed E-state index contributed by atoms with van der Waals surface area (Å²) < 4.78 is 9.80. The molecular formula is C21H36O5. The highest BCUT2D eigenvalue weighted by Gasteiger charge is 2.50. The van der Waals surface area contributed by atoms with E-state index in [1.807, 2.05) is 0 Å². The van der Waals surface area contributed by atoms with Crippen LogP contribution in [0.4, 0.5) is 0 Å². The Morgan fingerprint density at radius 3 is 2.12 bits per heavy atom. The Bertz CT molecular complexity index is 440. The lowest BCUT2D eigenvalue weighted by atomic mass is 9.96. The van der Waals surface area contributed by atoms with E-state index in [1.165, 1.54) is 20.0 Å². The molecule has 2 aliphatic carbocycles. The van der Waals surface area contributed by atoms with E-state index in [2.05, 4.69) is 0 Å². The molecule has 2 fully saturated rings. The van der Waals surface area contributed by atoms with Crippen LogP contribution in [0.3, 0.4) is 0 Å². The quantitative estimate of drug-likeness (QED) is 0.252. The van der Waals surface area contributed by atoms with Crippen LogP contribution in [0, 0.1) is 10.8 Å². The summed E-state index contributed by atoms with van der Waals surface area (Å²) in [6.07, 6.45) is 14.5. The molecule has 2 aliphatic rings. The van der Waals surface area contributed by atoms with E-state index in [-0.39, 0.29) is 22.9 Å². The molecule has 0 heterocycles. The summed E-state index contributed by atoms with van der Waals surface area (Å²) in [5.41, 5.74) is 0.117. The van der Waals surface area contributed by atoms with E-state index in [9.17, 15) is 14.7 Å². The molecule has 5 nitrogen and oxygen atoms in total. The third kappa shape index (κ3) is 6.90. The van der Waals surface area contributed by atoms with Crippen LogP contribution in [-0.2, 0) is 19.1 Å². The minimum Gasteiger partial charge on any atom is -0.469 e. The Morgan fingerprint density at radius 1 is 1.00 bits per heavy atom. The standard InChI is InChI=1S/C21H36O5/c1-25-19(24)21(14-15-21)11-7-3-5-9-18(23)8-4-2-6-10-20(12-13-20)16-26-17-22/h17-18,23H,2-16H2,1H3. The summed E-state index contributed by atoms with van der Waals surface area (Å²) in [6, 6.07) is 0. The van der Waals surface area contributed by atoms with Crippen molar-refractivity contribution < 1.29 is 24.2 Å². The lowest BCUT2D eigenvalue weighted by Gasteiger charge is -2.14. The number of aliphatic hydroxyl groups excluding tert-OH is 1. The maximum atomic E-state index is 11.7. The zero-order valence-electron chi connectivity index (χ0n) is 16.3. The normalized spacial score (nSPS) is 20.2. The largest absolute Gasteiger partial charge is 0.469 e. The van der Waals surface area contributed by atoms with Gasteiger partial charge in [0.15, 0.2) is 0 Å². The van der Waals surface area contributed by atoms with Gasteiger partial charge in [0.1, 0.15) is 0 Å². The van der Waals surface area contributed by atoms with Gasteiger partial charge in [-0.3, -0.25) is 9.59 Å². The summed E-state index contributed by atoms with van der Waals surface area (Å²) >= 11 is 0. The zero-order valence-corrected chi connectivity index (χ0v) is 16.3. The Balaban J connectivity index is 1.40. The fourth-order valence-electron chi connectivity index (χ4n) is 4.00. The summed E-state index contributed by atoms with van der Waals surface area (Å²) in [7, 11) is 1.47. The zero-order chi connectivity index (χ0) is 18.9. The number of carbonyl (C=O) groups is 2. The minimum atomic E-state index is -0.196. The molecule has 0 amide bonds. The molecule has 5 heteroatoms. The number of carbonyl (C=O) groups excluding carboxylic acids is 2. The SMILES string of the molecule is COC(=O)C1(CCCCCC(O)CCCCCC2(COC=O)CC2)CC1. The second-order valence-electron chi connectivity index (χ2n) is 8.53. The second kappa shape index (κ2) is 10.3. The van der Waals surface area contributed by atoms with Gasteiger partial charge in [-0.2, -0.15) is 0 Å². The fraction of sp³-hybridized carbons (Fsp3) is 0.905. The first-order chi connectivity index (χ1) is 12.6. The van der Waals surface area contributed by atoms with Crippen molar-refractivity contribution in [3.8, 4) is 0 Å². The smallest absolute Gasteiger partial charge is 0.311 e. The summed E-state index contributed by atoms with van der Waals surface area (Å²) in [4.78, 5) is 22.0. The molecule has 150 valence electrons. The van der Waals surface area contributed by atoms with Crippen molar-refractivity contribution in [1.82, 2.24) is 0 Å². The molecule has 1 N–H and O–H groups in total. The highest BCUT2D eigenvalue weighted by atomic mass is 16.5. The second-order valence-corrected chi connectivity index (χ2v) is 8.53. The Kier molecular flexibility index (Phi) is 8.39. The van der Waals surface area contributed by atoms with Crippen molar-refractivity contribution in [1.29, 1.82) is 0 Å². The van der Waals surface area contributed by atoms with Crippen molar-refractivity contribution in [2.24, 2.45) is 10.8 Å². The predicted octanol–water partition coefficient (Wildman–Crippen LogP) is 4.15. The third-order valence-electron chi connectivity index (χ3n) is 6.32. The topological polar surface area (TPSA) is 72.8 Å². The fourth-order valence-corrected chi connectivity index (χ4v) is 4.00. The van der Waals surface area contributed by atoms with Crippen LogP contribution in [0.25, 0.3) is 0 Å². The number of ether oxygens (including phenoxy) is 2. The Morgan fingerprint density at radius 2 is 1.62 bits per heavy atom. The van der Waals surface area contributed by atoms with Gasteiger partial charge in [-0.25, -0.2) is 0 Å². The van der Waals surface area contributed by atoms with Gasteiger partial charge < -0.3 is 14.6 Å². The molecule has 0 radical (unpaired) electrons. The summed E-state index contributed by atoms with van der Waals surface area (Å²) in [6.45, 7) is 1.13. The highest BCUT2D eigenvalue weighted by Crippen LogP contribution is 2.51. The predicted molar refractivity (Wildman–Crippen MR) is 99.5 cm³/mol. The monoisotopic (exact) mass is 368 g/mol. The van der Waals surface area contributed by atoms with Crippen LogP contribution in [-0.4, -0.2) is 37.4 Å². The average molecular weight is 369 g/mol. The molecule has 0 aromatic heterocycles. The molecule has 2 rings (SSSR count). The van der Waals surface area contributed by atoms with Crippen LogP contribution in [0.5, 0.6) is 0 Å². The first-order valence-corrected chi connectivity index (χ1v) is 10.4. The van der Waals surface area contributed by atoms with Crippen LogP contribution in [0.2, 0.25) is 0 Å². The molecule has 0 aliphatic heterocycles. The van der Waals surface area contributed by atoms with Crippen LogP contribution in [0.15, 0.2) is 0 Å². The van der Waals surface area contributed by atoms with Gasteiger partial charge in [0.05, 0.1) is 25.2 Å². The van der Waals surface area contributed by atoms with Gasteiger partial charge in [-0.15, -0.1) is 0 Å². The van der Waals surface area contributed by atoms with Crippen LogP contribution >= 0.6 is 0 Å². The molecule has 1 atom stereocenters. The lowest BCUT2D eigenvalue weighted by molar-refractivity contribution is -0.147. The number of aliphatic hydroxyl groups is 1. The molecule has 0 saturated heterocycles. The van der Waals surface area contributed by atoms with Gasteiger partial charge in [-0.05, 0) is 51.4 Å². The first kappa shape index (κ1) is 21.2. The number of rotatable bonds is 16. The number of hydrogen-bond acceptors (Lipinski definition) is 5. The molecule has 0 aromatic carbocycles. The van der Waals surface area contributed by atoms with Crippen LogP contribution in [0.1, 0.15) is 89.9 Å². The van der Waals surface area contributed by atoms with Gasteiger partial charge in [0.2, 0.25) is 0 Å². The molecule has 26 heavy (non-hydrogen) atoms. The van der Waals surface area contributed by atoms with E-state index in [0.717, 1.165) is 77.0 Å². The van der Waals surface area contributed by atoms with Gasteiger partial charge in [0.25, 0.3) is 6.47 Å². The molecule has 2 saturated carbocycles. The molecule has 0 aromatic rings. The Labute approximate surface area is 157 Å². The molecule has 1 unspecified atom stereocenters. The third-order valence-corrected chi connectivity index (χ3v) is 6.32. The van der Waals surface area contributed by atoms with Crippen molar-refractivity contribution in [3.63, 3.8) is 0 Å². The number of hydrogen-bond donors (Lipinski definition) is 1. The van der Waals surface area contributed by atoms with Crippen molar-refractivity contribution in [2.75, 3.05) is 13.7 Å². The van der Waals surface area contributed by atoms with Gasteiger partial charge in [0, 0.05) is 5.41 Å². The number of unbranched alkanes of at least 4 members (excludes halogenated alkanes) is 4. The van der Waals surface area contributed by atoms with E-state index in [1.54, 1.807) is 0 Å². The van der Waals surface area contributed by atoms with Crippen molar-refractivity contribution in [3.05, 3.63) is 0 Å². The maximum Gasteiger partial charge on any atom is 0.311 e. The van der Waals surface area contributed by atoms with Crippen LogP contribution < -0.4 is 0 Å². The van der Waals surface area contributed by atoms with E-state index in [0.29, 0.717) is 13.1 Å². The van der Waals surface area contributed by atoms with Gasteiger partial charge >= 0.3 is 5.97 Å². The molecule has 0 bridgehead atoms. The van der Waals surface area contributed by atoms with Crippen molar-refractivity contribution >= 4 is 12.4 Å². The van der Waals surface area contributed by atoms with Gasteiger partial charge in [-0.1, -0.05) is 38.5 Å². The minimum absolute atomic E-state index is 0.0387. The summed E-state index contributed by atoms with van der Waals surface area (Å²) in [5.74, 6) is -0.0387. The summed E-state index contributed by atoms with van der Waals surface area (Å²) in [5, 5.41) is 10.1. The van der Waals surface area contributed by atoms with E-state index < -0.39 is 0 Å². The number of methoxy groups -OCH3 is 1.